The molecular formula is C9H18N4O2S. The van der Waals surface area contributed by atoms with Gasteiger partial charge in [0.1, 0.15) is 5.82 Å². The quantitative estimate of drug-likeness (QED) is 0.686. The third-order valence-corrected chi connectivity index (χ3v) is 3.45. The summed E-state index contributed by atoms with van der Waals surface area (Å²) in [6.07, 6.45) is 2.14. The number of rotatable bonds is 6. The third-order valence-electron chi connectivity index (χ3n) is 2.16. The molecule has 16 heavy (non-hydrogen) atoms. The molecule has 0 saturated carbocycles. The molecule has 0 radical (unpaired) electrons. The van der Waals surface area contributed by atoms with E-state index in [0.29, 0.717) is 23.7 Å². The first kappa shape index (κ1) is 13.0. The topological polar surface area (TPSA) is 101 Å². The maximum Gasteiger partial charge on any atom is 0.233 e. The number of aromatic nitrogens is 2. The summed E-state index contributed by atoms with van der Waals surface area (Å²) in [4.78, 5) is 0. The van der Waals surface area contributed by atoms with Gasteiger partial charge in [0.25, 0.3) is 0 Å². The molecule has 1 aromatic rings. The Morgan fingerprint density at radius 3 is 2.81 bits per heavy atom. The van der Waals surface area contributed by atoms with Crippen molar-refractivity contribution < 1.29 is 8.42 Å². The third kappa shape index (κ3) is 3.82. The van der Waals surface area contributed by atoms with Gasteiger partial charge in [0.15, 0.2) is 0 Å². The molecule has 0 amide bonds. The highest BCUT2D eigenvalue weighted by molar-refractivity contribution is 7.92. The van der Waals surface area contributed by atoms with Crippen LogP contribution in [-0.4, -0.2) is 24.4 Å². The van der Waals surface area contributed by atoms with Crippen LogP contribution in [0.5, 0.6) is 0 Å². The minimum Gasteiger partial charge on any atom is -0.326 e. The lowest BCUT2D eigenvalue weighted by atomic mass is 10.2. The highest BCUT2D eigenvalue weighted by atomic mass is 32.2. The molecule has 6 nitrogen and oxygen atoms in total. The molecule has 1 heterocycles. The SMILES string of the molecule is CC(C)CCS(=O)(=O)Nc1[nH]ncc1CN. The molecule has 92 valence electrons. The number of hydrogen-bond donors (Lipinski definition) is 3. The zero-order chi connectivity index (χ0) is 12.2. The molecule has 0 unspecified atom stereocenters. The molecule has 1 aromatic heterocycles. The first-order valence-electron chi connectivity index (χ1n) is 5.17. The van der Waals surface area contributed by atoms with Crippen molar-refractivity contribution in [3.8, 4) is 0 Å². The van der Waals surface area contributed by atoms with E-state index >= 15 is 0 Å². The first-order valence-corrected chi connectivity index (χ1v) is 6.82. The van der Waals surface area contributed by atoms with Crippen molar-refractivity contribution in [1.29, 1.82) is 0 Å². The summed E-state index contributed by atoms with van der Waals surface area (Å²) in [5, 5.41) is 6.32. The number of sulfonamides is 1. The second-order valence-corrected chi connectivity index (χ2v) is 5.92. The van der Waals surface area contributed by atoms with Crippen LogP contribution >= 0.6 is 0 Å². The predicted molar refractivity (Wildman–Crippen MR) is 63.3 cm³/mol. The number of H-pyrrole nitrogens is 1. The molecule has 0 bridgehead atoms. The summed E-state index contributed by atoms with van der Waals surface area (Å²) in [5.41, 5.74) is 6.10. The predicted octanol–water partition coefficient (Wildman–Crippen LogP) is 0.656. The summed E-state index contributed by atoms with van der Waals surface area (Å²) in [6, 6.07) is 0. The van der Waals surface area contributed by atoms with Crippen LogP contribution in [0.25, 0.3) is 0 Å². The van der Waals surface area contributed by atoms with E-state index in [-0.39, 0.29) is 12.3 Å². The summed E-state index contributed by atoms with van der Waals surface area (Å²) >= 11 is 0. The maximum absolute atomic E-state index is 11.7. The normalized spacial score (nSPS) is 12.0. The number of nitrogens with zero attached hydrogens (tertiary/aromatic N) is 1. The molecule has 0 aliphatic rings. The van der Waals surface area contributed by atoms with Gasteiger partial charge in [-0.15, -0.1) is 0 Å². The second kappa shape index (κ2) is 5.31. The van der Waals surface area contributed by atoms with Crippen molar-refractivity contribution in [3.05, 3.63) is 11.8 Å². The van der Waals surface area contributed by atoms with E-state index in [2.05, 4.69) is 14.9 Å². The lowest BCUT2D eigenvalue weighted by Gasteiger charge is -2.08. The van der Waals surface area contributed by atoms with Crippen LogP contribution in [0.1, 0.15) is 25.8 Å². The number of aromatic amines is 1. The van der Waals surface area contributed by atoms with E-state index in [1.165, 1.54) is 6.20 Å². The van der Waals surface area contributed by atoms with Gasteiger partial charge in [-0.3, -0.25) is 9.82 Å². The number of nitrogens with two attached hydrogens (primary N) is 1. The van der Waals surface area contributed by atoms with Gasteiger partial charge in [-0.2, -0.15) is 5.10 Å². The Bertz CT molecular complexity index is 424. The molecule has 0 aliphatic carbocycles. The standard InChI is InChI=1S/C9H18N4O2S/c1-7(2)3-4-16(14,15)13-9-8(5-10)6-11-12-9/h6-7H,3-5,10H2,1-2H3,(H2,11,12,13). The monoisotopic (exact) mass is 246 g/mol. The Balaban J connectivity index is 2.66. The van der Waals surface area contributed by atoms with E-state index in [9.17, 15) is 8.42 Å². The molecule has 0 aromatic carbocycles. The molecule has 0 saturated heterocycles. The van der Waals surface area contributed by atoms with Gasteiger partial charge < -0.3 is 5.73 Å². The average Bonchev–Trinajstić information content (AvgIpc) is 2.61. The van der Waals surface area contributed by atoms with Gasteiger partial charge in [0, 0.05) is 12.1 Å². The molecule has 7 heteroatoms. The number of hydrogen-bond acceptors (Lipinski definition) is 4. The van der Waals surface area contributed by atoms with E-state index in [1.54, 1.807) is 0 Å². The van der Waals surface area contributed by atoms with Crippen molar-refractivity contribution in [2.45, 2.75) is 26.8 Å². The average molecular weight is 246 g/mol. The molecular weight excluding hydrogens is 228 g/mol. The summed E-state index contributed by atoms with van der Waals surface area (Å²) in [6.45, 7) is 4.21. The van der Waals surface area contributed by atoms with Crippen molar-refractivity contribution in [2.75, 3.05) is 10.5 Å². The van der Waals surface area contributed by atoms with Crippen LogP contribution in [0, 0.1) is 5.92 Å². The highest BCUT2D eigenvalue weighted by Crippen LogP contribution is 2.13. The van der Waals surface area contributed by atoms with Gasteiger partial charge in [-0.05, 0) is 12.3 Å². The van der Waals surface area contributed by atoms with E-state index < -0.39 is 10.0 Å². The molecule has 4 N–H and O–H groups in total. The van der Waals surface area contributed by atoms with Crippen LogP contribution in [-0.2, 0) is 16.6 Å². The van der Waals surface area contributed by atoms with Gasteiger partial charge in [-0.25, -0.2) is 8.42 Å². The smallest absolute Gasteiger partial charge is 0.233 e. The maximum atomic E-state index is 11.7. The fourth-order valence-electron chi connectivity index (χ4n) is 1.15. The molecule has 0 fully saturated rings. The van der Waals surface area contributed by atoms with Crippen LogP contribution in [0.4, 0.5) is 5.82 Å². The van der Waals surface area contributed by atoms with Crippen LogP contribution < -0.4 is 10.5 Å². The van der Waals surface area contributed by atoms with Gasteiger partial charge in [0.2, 0.25) is 10.0 Å². The fraction of sp³-hybridized carbons (Fsp3) is 0.667. The van der Waals surface area contributed by atoms with E-state index in [4.69, 9.17) is 5.73 Å². The highest BCUT2D eigenvalue weighted by Gasteiger charge is 2.14. The van der Waals surface area contributed by atoms with Gasteiger partial charge >= 0.3 is 0 Å². The van der Waals surface area contributed by atoms with Crippen molar-refractivity contribution in [1.82, 2.24) is 10.2 Å². The molecule has 1 rings (SSSR count). The Labute approximate surface area is 95.7 Å². The summed E-state index contributed by atoms with van der Waals surface area (Å²) in [7, 11) is -3.31. The van der Waals surface area contributed by atoms with E-state index in [1.807, 2.05) is 13.8 Å². The zero-order valence-corrected chi connectivity index (χ0v) is 10.3. The Morgan fingerprint density at radius 1 is 1.56 bits per heavy atom. The largest absolute Gasteiger partial charge is 0.326 e. The fourth-order valence-corrected chi connectivity index (χ4v) is 2.52. The van der Waals surface area contributed by atoms with Gasteiger partial charge in [0.05, 0.1) is 11.9 Å². The van der Waals surface area contributed by atoms with Crippen molar-refractivity contribution in [2.24, 2.45) is 11.7 Å². The number of nitrogens with one attached hydrogen (secondary N) is 2. The zero-order valence-electron chi connectivity index (χ0n) is 9.53. The first-order chi connectivity index (χ1) is 7.44. The van der Waals surface area contributed by atoms with Crippen LogP contribution in [0.2, 0.25) is 0 Å². The van der Waals surface area contributed by atoms with Crippen molar-refractivity contribution in [3.63, 3.8) is 0 Å². The minimum atomic E-state index is -3.31. The lowest BCUT2D eigenvalue weighted by Crippen LogP contribution is -2.19. The molecule has 0 aliphatic heterocycles. The van der Waals surface area contributed by atoms with Crippen molar-refractivity contribution >= 4 is 15.8 Å². The van der Waals surface area contributed by atoms with E-state index in [0.717, 1.165) is 0 Å². The lowest BCUT2D eigenvalue weighted by molar-refractivity contribution is 0.577. The molecule has 0 atom stereocenters. The summed E-state index contributed by atoms with van der Waals surface area (Å²) in [5.74, 6) is 0.826. The van der Waals surface area contributed by atoms with Gasteiger partial charge in [-0.1, -0.05) is 13.8 Å². The number of anilines is 1. The molecule has 0 spiro atoms. The Hall–Kier alpha value is -1.08. The van der Waals surface area contributed by atoms with Crippen LogP contribution in [0.3, 0.4) is 0 Å². The minimum absolute atomic E-state index is 0.105. The second-order valence-electron chi connectivity index (χ2n) is 4.08. The Morgan fingerprint density at radius 2 is 2.25 bits per heavy atom. The Kier molecular flexibility index (Phi) is 4.31. The summed E-state index contributed by atoms with van der Waals surface area (Å²) < 4.78 is 25.8. The van der Waals surface area contributed by atoms with Crippen LogP contribution in [0.15, 0.2) is 6.20 Å².